The van der Waals surface area contributed by atoms with E-state index in [1.807, 2.05) is 18.3 Å². The van der Waals surface area contributed by atoms with Crippen LogP contribution in [-0.2, 0) is 15.9 Å². The lowest BCUT2D eigenvalue weighted by Gasteiger charge is -2.16. The van der Waals surface area contributed by atoms with E-state index in [4.69, 9.17) is 14.2 Å². The van der Waals surface area contributed by atoms with Gasteiger partial charge in [-0.15, -0.1) is 0 Å². The molecule has 2 aromatic rings. The predicted octanol–water partition coefficient (Wildman–Crippen LogP) is 9.94. The van der Waals surface area contributed by atoms with Gasteiger partial charge in [0.15, 0.2) is 5.76 Å². The first-order valence-corrected chi connectivity index (χ1v) is 15.5. The van der Waals surface area contributed by atoms with Crippen LogP contribution >= 0.6 is 0 Å². The Labute approximate surface area is 231 Å². The monoisotopic (exact) mass is 519 g/mol. The molecule has 4 heteroatoms. The van der Waals surface area contributed by atoms with Crippen LogP contribution in [0.15, 0.2) is 48.9 Å². The number of aryl methyl sites for hydroxylation is 1. The third-order valence-corrected chi connectivity index (χ3v) is 7.87. The molecular weight excluding hydrogens is 470 g/mol. The first-order chi connectivity index (χ1) is 18.8. The summed E-state index contributed by atoms with van der Waals surface area (Å²) in [6.07, 6.45) is 25.7. The van der Waals surface area contributed by atoms with E-state index in [2.05, 4.69) is 36.2 Å². The van der Waals surface area contributed by atoms with Gasteiger partial charge in [-0.1, -0.05) is 121 Å². The summed E-state index contributed by atoms with van der Waals surface area (Å²) in [6, 6.07) is 12.5. The minimum absolute atomic E-state index is 0.392. The second kappa shape index (κ2) is 16.5. The van der Waals surface area contributed by atoms with Gasteiger partial charge in [0.05, 0.1) is 6.61 Å². The molecule has 1 fully saturated rings. The zero-order valence-electron chi connectivity index (χ0n) is 23.7. The average molecular weight is 520 g/mol. The normalized spacial score (nSPS) is 16.7. The van der Waals surface area contributed by atoms with Gasteiger partial charge in [0.2, 0.25) is 5.88 Å². The molecule has 208 valence electrons. The number of benzene rings is 1. The molecule has 1 aromatic carbocycles. The Bertz CT molecular complexity index is 950. The average Bonchev–Trinajstić information content (AvgIpc) is 3.65. The van der Waals surface area contributed by atoms with Gasteiger partial charge >= 0.3 is 0 Å². The molecule has 38 heavy (non-hydrogen) atoms. The van der Waals surface area contributed by atoms with Gasteiger partial charge in [-0.2, -0.15) is 0 Å². The number of nitrogens with zero attached hydrogens (tertiary/aromatic N) is 1. The SMILES string of the molecule is CCCCCCCCOc1ccc(C2=COC(c3ccccc3CCCCCCCCCC3CC3)O2)cn1. The first-order valence-electron chi connectivity index (χ1n) is 15.5. The molecule has 0 saturated heterocycles. The molecule has 1 atom stereocenters. The second-order valence-corrected chi connectivity index (χ2v) is 11.2. The summed E-state index contributed by atoms with van der Waals surface area (Å²) in [4.78, 5) is 4.48. The minimum Gasteiger partial charge on any atom is -0.478 e. The molecular formula is C34H49NO3. The molecule has 0 radical (unpaired) electrons. The highest BCUT2D eigenvalue weighted by molar-refractivity contribution is 5.59. The van der Waals surface area contributed by atoms with Crippen LogP contribution in [0.3, 0.4) is 0 Å². The Morgan fingerprint density at radius 3 is 2.32 bits per heavy atom. The van der Waals surface area contributed by atoms with Gasteiger partial charge in [0, 0.05) is 23.4 Å². The zero-order valence-corrected chi connectivity index (χ0v) is 23.7. The Morgan fingerprint density at radius 2 is 1.55 bits per heavy atom. The standard InChI is InChI=1S/C34H49NO3/c1-2-3-4-5-11-16-25-36-33-24-23-30(26-35-33)32-27-37-34(38-32)31-20-15-14-19-29(31)18-13-10-8-6-7-9-12-17-28-21-22-28/h14-15,19-20,23-24,26-28,34H,2-13,16-18,21-22,25H2,1H3. The van der Waals surface area contributed by atoms with Crippen molar-refractivity contribution >= 4 is 5.76 Å². The van der Waals surface area contributed by atoms with Crippen LogP contribution in [0.1, 0.15) is 133 Å². The second-order valence-electron chi connectivity index (χ2n) is 11.2. The first kappa shape index (κ1) is 28.5. The third-order valence-electron chi connectivity index (χ3n) is 7.87. The van der Waals surface area contributed by atoms with Crippen molar-refractivity contribution in [2.75, 3.05) is 6.61 Å². The molecule has 1 aliphatic carbocycles. The molecule has 2 heterocycles. The Balaban J connectivity index is 1.14. The topological polar surface area (TPSA) is 40.6 Å². The van der Waals surface area contributed by atoms with Crippen LogP contribution < -0.4 is 4.74 Å². The number of pyridine rings is 1. The lowest BCUT2D eigenvalue weighted by molar-refractivity contribution is -0.0177. The fourth-order valence-corrected chi connectivity index (χ4v) is 5.27. The van der Waals surface area contributed by atoms with Crippen molar-refractivity contribution in [2.24, 2.45) is 5.92 Å². The molecule has 0 spiro atoms. The van der Waals surface area contributed by atoms with Crippen LogP contribution in [0, 0.1) is 5.92 Å². The molecule has 1 saturated carbocycles. The molecule has 1 aromatic heterocycles. The van der Waals surface area contributed by atoms with Gasteiger partial charge < -0.3 is 14.2 Å². The van der Waals surface area contributed by atoms with Crippen molar-refractivity contribution in [3.8, 4) is 5.88 Å². The molecule has 4 nitrogen and oxygen atoms in total. The maximum Gasteiger partial charge on any atom is 0.267 e. The quantitative estimate of drug-likeness (QED) is 0.163. The van der Waals surface area contributed by atoms with E-state index in [9.17, 15) is 0 Å². The summed E-state index contributed by atoms with van der Waals surface area (Å²) in [5, 5.41) is 0. The Hall–Kier alpha value is -2.49. The van der Waals surface area contributed by atoms with E-state index in [0.717, 1.165) is 42.3 Å². The molecule has 1 unspecified atom stereocenters. The summed E-state index contributed by atoms with van der Waals surface area (Å²) >= 11 is 0. The van der Waals surface area contributed by atoms with E-state index >= 15 is 0 Å². The summed E-state index contributed by atoms with van der Waals surface area (Å²) in [6.45, 7) is 2.97. The maximum absolute atomic E-state index is 6.22. The van der Waals surface area contributed by atoms with E-state index in [0.29, 0.717) is 5.88 Å². The van der Waals surface area contributed by atoms with Gasteiger partial charge in [-0.3, -0.25) is 0 Å². The number of ether oxygens (including phenoxy) is 3. The Kier molecular flexibility index (Phi) is 12.4. The number of rotatable bonds is 20. The van der Waals surface area contributed by atoms with E-state index in [-0.39, 0.29) is 0 Å². The summed E-state index contributed by atoms with van der Waals surface area (Å²) in [5.41, 5.74) is 3.37. The van der Waals surface area contributed by atoms with Crippen LogP contribution in [0.2, 0.25) is 0 Å². The van der Waals surface area contributed by atoms with Crippen molar-refractivity contribution in [1.82, 2.24) is 4.98 Å². The lowest BCUT2D eigenvalue weighted by Crippen LogP contribution is -2.04. The van der Waals surface area contributed by atoms with Crippen LogP contribution in [-0.4, -0.2) is 11.6 Å². The summed E-state index contributed by atoms with van der Waals surface area (Å²) in [5.74, 6) is 2.48. The minimum atomic E-state index is -0.392. The van der Waals surface area contributed by atoms with Crippen molar-refractivity contribution < 1.29 is 14.2 Å². The number of hydrogen-bond acceptors (Lipinski definition) is 4. The van der Waals surface area contributed by atoms with Crippen LogP contribution in [0.5, 0.6) is 5.88 Å². The Morgan fingerprint density at radius 1 is 0.816 bits per heavy atom. The van der Waals surface area contributed by atoms with Gasteiger partial charge in [-0.05, 0) is 36.8 Å². The van der Waals surface area contributed by atoms with Crippen molar-refractivity contribution in [1.29, 1.82) is 0 Å². The van der Waals surface area contributed by atoms with Crippen molar-refractivity contribution in [3.63, 3.8) is 0 Å². The van der Waals surface area contributed by atoms with Crippen molar-refractivity contribution in [3.05, 3.63) is 65.5 Å². The van der Waals surface area contributed by atoms with Crippen LogP contribution in [0.25, 0.3) is 5.76 Å². The lowest BCUT2D eigenvalue weighted by atomic mass is 9.99. The number of hydrogen-bond donors (Lipinski definition) is 0. The molecule has 4 rings (SSSR count). The van der Waals surface area contributed by atoms with Crippen LogP contribution in [0.4, 0.5) is 0 Å². The van der Waals surface area contributed by atoms with Crippen molar-refractivity contribution in [2.45, 2.75) is 122 Å². The fraction of sp³-hybridized carbons (Fsp3) is 0.618. The van der Waals surface area contributed by atoms with E-state index in [1.165, 1.54) is 102 Å². The van der Waals surface area contributed by atoms with E-state index in [1.54, 1.807) is 6.26 Å². The van der Waals surface area contributed by atoms with Gasteiger partial charge in [-0.25, -0.2) is 4.98 Å². The molecule has 0 bridgehead atoms. The number of aromatic nitrogens is 1. The third kappa shape index (κ3) is 10.0. The fourth-order valence-electron chi connectivity index (χ4n) is 5.27. The highest BCUT2D eigenvalue weighted by Crippen LogP contribution is 2.36. The predicted molar refractivity (Wildman–Crippen MR) is 156 cm³/mol. The zero-order chi connectivity index (χ0) is 26.3. The summed E-state index contributed by atoms with van der Waals surface area (Å²) < 4.78 is 18.0. The van der Waals surface area contributed by atoms with E-state index < -0.39 is 6.29 Å². The molecule has 1 aliphatic heterocycles. The smallest absolute Gasteiger partial charge is 0.267 e. The maximum atomic E-state index is 6.22. The molecule has 2 aliphatic rings. The highest BCUT2D eigenvalue weighted by atomic mass is 16.7. The summed E-state index contributed by atoms with van der Waals surface area (Å²) in [7, 11) is 0. The highest BCUT2D eigenvalue weighted by Gasteiger charge is 2.25. The number of unbranched alkanes of at least 4 members (excludes halogenated alkanes) is 11. The molecule has 0 N–H and O–H groups in total. The van der Waals surface area contributed by atoms with Gasteiger partial charge in [0.1, 0.15) is 6.26 Å². The van der Waals surface area contributed by atoms with Gasteiger partial charge in [0.25, 0.3) is 6.29 Å². The largest absolute Gasteiger partial charge is 0.478 e. The molecule has 0 amide bonds.